The highest BCUT2D eigenvalue weighted by Gasteiger charge is 2.27. The van der Waals surface area contributed by atoms with E-state index in [0.29, 0.717) is 31.1 Å². The molecule has 166 valence electrons. The normalized spacial score (nSPS) is 18.8. The Kier molecular flexibility index (Phi) is 5.78. The lowest BCUT2D eigenvalue weighted by Crippen LogP contribution is -2.34. The van der Waals surface area contributed by atoms with Crippen molar-refractivity contribution in [1.29, 1.82) is 0 Å². The zero-order valence-corrected chi connectivity index (χ0v) is 19.0. The maximum absolute atomic E-state index is 13.4. The zero-order chi connectivity index (χ0) is 22.1. The zero-order valence-electron chi connectivity index (χ0n) is 18.2. The molecule has 5 rings (SSSR count). The van der Waals surface area contributed by atoms with Gasteiger partial charge in [0.15, 0.2) is 0 Å². The molecule has 0 radical (unpaired) electrons. The lowest BCUT2D eigenvalue weighted by molar-refractivity contribution is -0.118. The first-order valence-electron chi connectivity index (χ1n) is 11.2. The Morgan fingerprint density at radius 3 is 2.91 bits per heavy atom. The Hall–Kier alpha value is -3.00. The summed E-state index contributed by atoms with van der Waals surface area (Å²) in [6.07, 6.45) is 6.55. The largest absolute Gasteiger partial charge is 0.363 e. The van der Waals surface area contributed by atoms with E-state index in [1.54, 1.807) is 11.2 Å². The number of carbonyl (C=O) groups is 2. The van der Waals surface area contributed by atoms with Crippen molar-refractivity contribution in [3.8, 4) is 0 Å². The maximum atomic E-state index is 13.4. The molecule has 2 aromatic heterocycles. The molecular weight excluding hydrogens is 422 g/mol. The van der Waals surface area contributed by atoms with E-state index in [-0.39, 0.29) is 11.9 Å². The molecule has 0 saturated carbocycles. The second-order valence-corrected chi connectivity index (χ2v) is 9.53. The van der Waals surface area contributed by atoms with Gasteiger partial charge in [0.2, 0.25) is 6.41 Å². The molecule has 3 heterocycles. The van der Waals surface area contributed by atoms with Crippen molar-refractivity contribution >= 4 is 39.7 Å². The predicted octanol–water partition coefficient (Wildman–Crippen LogP) is 3.79. The number of thiophene rings is 1. The van der Waals surface area contributed by atoms with Crippen LogP contribution in [0.2, 0.25) is 0 Å². The molecule has 1 N–H and O–H groups in total. The Bertz CT molecular complexity index is 1160. The molecule has 7 nitrogen and oxygen atoms in total. The summed E-state index contributed by atoms with van der Waals surface area (Å²) in [5.74, 6) is 0.819. The molecule has 1 atom stereocenters. The number of carbonyl (C=O) groups excluding carboxylic acids is 2. The number of nitrogens with zero attached hydrogens (tertiary/aromatic N) is 4. The van der Waals surface area contributed by atoms with Gasteiger partial charge in [-0.1, -0.05) is 24.3 Å². The molecule has 8 heteroatoms. The number of anilines is 1. The standard InChI is InChI=1S/C24H27N5O2S/c1-16-20-22(27-19-9-4-7-17-6-2-3-8-18(17)19)25-14-26-23(20)32-21(16)24(31)29-11-5-10-28(15-30)12-13-29/h2-3,6,8,14-15,19H,4-5,7,9-13H2,1H3,(H,25,26,27). The van der Waals surface area contributed by atoms with Gasteiger partial charge in [0, 0.05) is 26.2 Å². The number of aryl methyl sites for hydroxylation is 2. The Morgan fingerprint density at radius 1 is 1.16 bits per heavy atom. The predicted molar refractivity (Wildman–Crippen MR) is 126 cm³/mol. The summed E-state index contributed by atoms with van der Waals surface area (Å²) in [5, 5.41) is 4.60. The highest BCUT2D eigenvalue weighted by atomic mass is 32.1. The van der Waals surface area contributed by atoms with Gasteiger partial charge in [-0.05, 0) is 49.3 Å². The summed E-state index contributed by atoms with van der Waals surface area (Å²) in [6, 6.07) is 8.80. The first kappa shape index (κ1) is 20.9. The summed E-state index contributed by atoms with van der Waals surface area (Å²) < 4.78 is 0. The number of benzene rings is 1. The summed E-state index contributed by atoms with van der Waals surface area (Å²) in [5.41, 5.74) is 3.66. The smallest absolute Gasteiger partial charge is 0.264 e. The van der Waals surface area contributed by atoms with Gasteiger partial charge in [-0.25, -0.2) is 9.97 Å². The number of hydrogen-bond acceptors (Lipinski definition) is 6. The van der Waals surface area contributed by atoms with Crippen LogP contribution in [0, 0.1) is 6.92 Å². The molecule has 2 amide bonds. The van der Waals surface area contributed by atoms with E-state index in [2.05, 4.69) is 39.6 Å². The summed E-state index contributed by atoms with van der Waals surface area (Å²) in [7, 11) is 0. The van der Waals surface area contributed by atoms with E-state index in [0.717, 1.165) is 53.7 Å². The van der Waals surface area contributed by atoms with Gasteiger partial charge in [-0.15, -0.1) is 11.3 Å². The van der Waals surface area contributed by atoms with E-state index in [1.165, 1.54) is 22.5 Å². The van der Waals surface area contributed by atoms with Gasteiger partial charge >= 0.3 is 0 Å². The van der Waals surface area contributed by atoms with Crippen LogP contribution in [-0.2, 0) is 11.2 Å². The van der Waals surface area contributed by atoms with Crippen molar-refractivity contribution in [1.82, 2.24) is 19.8 Å². The van der Waals surface area contributed by atoms with Gasteiger partial charge in [0.1, 0.15) is 17.0 Å². The summed E-state index contributed by atoms with van der Waals surface area (Å²) in [6.45, 7) is 4.48. The van der Waals surface area contributed by atoms with Crippen LogP contribution in [-0.4, -0.2) is 58.3 Å². The van der Waals surface area contributed by atoms with E-state index in [9.17, 15) is 9.59 Å². The van der Waals surface area contributed by atoms with Crippen LogP contribution in [0.25, 0.3) is 10.2 Å². The van der Waals surface area contributed by atoms with Gasteiger partial charge in [0.25, 0.3) is 5.91 Å². The third-order valence-electron chi connectivity index (χ3n) is 6.57. The van der Waals surface area contributed by atoms with Crippen molar-refractivity contribution in [2.75, 3.05) is 31.5 Å². The lowest BCUT2D eigenvalue weighted by Gasteiger charge is -2.27. The molecule has 1 aliphatic heterocycles. The summed E-state index contributed by atoms with van der Waals surface area (Å²) in [4.78, 5) is 38.7. The minimum absolute atomic E-state index is 0.0206. The maximum Gasteiger partial charge on any atom is 0.264 e. The van der Waals surface area contributed by atoms with E-state index in [1.807, 2.05) is 11.8 Å². The van der Waals surface area contributed by atoms with Gasteiger partial charge in [-0.2, -0.15) is 0 Å². The molecule has 2 aliphatic rings. The van der Waals surface area contributed by atoms with Crippen molar-refractivity contribution in [2.24, 2.45) is 0 Å². The molecule has 1 aromatic carbocycles. The SMILES string of the molecule is Cc1c(C(=O)N2CCCN(C=O)CC2)sc2ncnc(NC3CCCc4ccccc43)c12. The second-order valence-electron chi connectivity index (χ2n) is 8.53. The van der Waals surface area contributed by atoms with Crippen LogP contribution in [0.1, 0.15) is 51.7 Å². The van der Waals surface area contributed by atoms with Crippen LogP contribution < -0.4 is 5.32 Å². The third-order valence-corrected chi connectivity index (χ3v) is 7.76. The van der Waals surface area contributed by atoms with Crippen molar-refractivity contribution in [2.45, 2.75) is 38.6 Å². The molecule has 1 unspecified atom stereocenters. The van der Waals surface area contributed by atoms with E-state index in [4.69, 9.17) is 0 Å². The molecule has 1 aliphatic carbocycles. The minimum atomic E-state index is 0.0206. The Labute approximate surface area is 191 Å². The van der Waals surface area contributed by atoms with E-state index < -0.39 is 0 Å². The van der Waals surface area contributed by atoms with Crippen LogP contribution in [0.3, 0.4) is 0 Å². The molecular formula is C24H27N5O2S. The lowest BCUT2D eigenvalue weighted by atomic mass is 9.87. The van der Waals surface area contributed by atoms with Crippen molar-refractivity contribution < 1.29 is 9.59 Å². The third kappa shape index (κ3) is 3.83. The molecule has 0 spiro atoms. The van der Waals surface area contributed by atoms with E-state index >= 15 is 0 Å². The highest BCUT2D eigenvalue weighted by molar-refractivity contribution is 7.20. The van der Waals surface area contributed by atoms with Gasteiger partial charge in [0.05, 0.1) is 16.3 Å². The number of aromatic nitrogens is 2. The number of fused-ring (bicyclic) bond motifs is 2. The van der Waals surface area contributed by atoms with Crippen LogP contribution in [0.4, 0.5) is 5.82 Å². The fourth-order valence-electron chi connectivity index (χ4n) is 4.84. The molecule has 1 fully saturated rings. The van der Waals surface area contributed by atoms with Gasteiger partial charge in [-0.3, -0.25) is 9.59 Å². The number of amides is 2. The Morgan fingerprint density at radius 2 is 2.03 bits per heavy atom. The quantitative estimate of drug-likeness (QED) is 0.613. The number of hydrogen-bond donors (Lipinski definition) is 1. The molecule has 32 heavy (non-hydrogen) atoms. The van der Waals surface area contributed by atoms with Crippen LogP contribution in [0.5, 0.6) is 0 Å². The van der Waals surface area contributed by atoms with Crippen molar-refractivity contribution in [3.63, 3.8) is 0 Å². The molecule has 3 aromatic rings. The molecule has 1 saturated heterocycles. The summed E-state index contributed by atoms with van der Waals surface area (Å²) >= 11 is 1.44. The fourth-order valence-corrected chi connectivity index (χ4v) is 5.96. The second kappa shape index (κ2) is 8.86. The topological polar surface area (TPSA) is 78.4 Å². The fraction of sp³-hybridized carbons (Fsp3) is 0.417. The average Bonchev–Trinajstić information content (AvgIpc) is 3.00. The first-order valence-corrected chi connectivity index (χ1v) is 12.0. The first-order chi connectivity index (χ1) is 15.7. The average molecular weight is 450 g/mol. The number of rotatable bonds is 4. The minimum Gasteiger partial charge on any atom is -0.363 e. The van der Waals surface area contributed by atoms with Crippen LogP contribution in [0.15, 0.2) is 30.6 Å². The monoisotopic (exact) mass is 449 g/mol. The number of nitrogens with one attached hydrogen (secondary N) is 1. The highest BCUT2D eigenvalue weighted by Crippen LogP contribution is 2.38. The van der Waals surface area contributed by atoms with Crippen molar-refractivity contribution in [3.05, 3.63) is 52.2 Å². The molecule has 0 bridgehead atoms. The van der Waals surface area contributed by atoms with Gasteiger partial charge < -0.3 is 15.1 Å². The Balaban J connectivity index is 1.45. The van der Waals surface area contributed by atoms with Crippen LogP contribution >= 0.6 is 11.3 Å².